The fourth-order valence-corrected chi connectivity index (χ4v) is 2.32. The Bertz CT molecular complexity index is 510. The van der Waals surface area contributed by atoms with Crippen LogP contribution in [-0.4, -0.2) is 36.6 Å². The summed E-state index contributed by atoms with van der Waals surface area (Å²) < 4.78 is 0. The lowest BCUT2D eigenvalue weighted by Gasteiger charge is -2.13. The Balaban J connectivity index is 1.73. The molecule has 1 aromatic carbocycles. The average Bonchev–Trinajstić information content (AvgIpc) is 3.06. The van der Waals surface area contributed by atoms with Gasteiger partial charge in [0.25, 0.3) is 0 Å². The minimum Gasteiger partial charge on any atom is -0.326 e. The van der Waals surface area contributed by atoms with Gasteiger partial charge in [0.2, 0.25) is 11.8 Å². The van der Waals surface area contributed by atoms with Crippen LogP contribution in [0.5, 0.6) is 0 Å². The molecule has 2 rings (SSSR count). The first-order valence-corrected chi connectivity index (χ1v) is 8.25. The molecular formula is C17H25N3O3. The van der Waals surface area contributed by atoms with Crippen LogP contribution in [0.1, 0.15) is 39.0 Å². The zero-order chi connectivity index (χ0) is 16.5. The number of unbranched alkanes of at least 4 members (excludes halogenated alkanes) is 1. The Kier molecular flexibility index (Phi) is 7.03. The molecular weight excluding hydrogens is 294 g/mol. The van der Waals surface area contributed by atoms with Gasteiger partial charge >= 0.3 is 0 Å². The van der Waals surface area contributed by atoms with Crippen LogP contribution >= 0.6 is 0 Å². The van der Waals surface area contributed by atoms with E-state index in [0.29, 0.717) is 19.4 Å². The summed E-state index contributed by atoms with van der Waals surface area (Å²) in [6, 6.07) is 7.17. The van der Waals surface area contributed by atoms with E-state index in [1.807, 2.05) is 5.06 Å². The van der Waals surface area contributed by atoms with Crippen LogP contribution in [0.15, 0.2) is 24.3 Å². The summed E-state index contributed by atoms with van der Waals surface area (Å²) in [5.41, 5.74) is 1.47. The minimum atomic E-state index is -0.0415. The molecule has 0 unspecified atom stereocenters. The highest BCUT2D eigenvalue weighted by molar-refractivity contribution is 5.92. The second-order valence-electron chi connectivity index (χ2n) is 5.64. The summed E-state index contributed by atoms with van der Waals surface area (Å²) in [4.78, 5) is 28.9. The molecule has 6 nitrogen and oxygen atoms in total. The van der Waals surface area contributed by atoms with Crippen molar-refractivity contribution in [1.82, 2.24) is 5.06 Å². The maximum atomic E-state index is 11.9. The molecule has 1 aromatic rings. The monoisotopic (exact) mass is 319 g/mol. The SMILES string of the molecule is CCCCC(=O)Nc1ccc(NC(=O)CCN2CCCO2)cc1. The molecule has 0 saturated carbocycles. The van der Waals surface area contributed by atoms with E-state index in [4.69, 9.17) is 4.84 Å². The van der Waals surface area contributed by atoms with Crippen molar-refractivity contribution in [2.75, 3.05) is 30.3 Å². The lowest BCUT2D eigenvalue weighted by molar-refractivity contribution is -0.126. The molecule has 0 bridgehead atoms. The van der Waals surface area contributed by atoms with Gasteiger partial charge in [-0.05, 0) is 37.1 Å². The van der Waals surface area contributed by atoms with E-state index in [1.54, 1.807) is 24.3 Å². The molecule has 6 heteroatoms. The molecule has 23 heavy (non-hydrogen) atoms. The Morgan fingerprint density at radius 2 is 1.70 bits per heavy atom. The van der Waals surface area contributed by atoms with Crippen LogP contribution in [0.2, 0.25) is 0 Å². The van der Waals surface area contributed by atoms with Gasteiger partial charge in [-0.1, -0.05) is 13.3 Å². The highest BCUT2D eigenvalue weighted by Gasteiger charge is 2.13. The third-order valence-electron chi connectivity index (χ3n) is 3.62. The van der Waals surface area contributed by atoms with E-state index in [1.165, 1.54) is 0 Å². The van der Waals surface area contributed by atoms with Gasteiger partial charge in [-0.3, -0.25) is 14.4 Å². The van der Waals surface area contributed by atoms with Crippen LogP contribution in [0, 0.1) is 0 Å². The summed E-state index contributed by atoms with van der Waals surface area (Å²) in [5.74, 6) is -0.0190. The number of nitrogens with one attached hydrogen (secondary N) is 2. The molecule has 1 saturated heterocycles. The zero-order valence-corrected chi connectivity index (χ0v) is 13.6. The number of amides is 2. The van der Waals surface area contributed by atoms with Gasteiger partial charge in [0.1, 0.15) is 0 Å². The van der Waals surface area contributed by atoms with Crippen LogP contribution in [-0.2, 0) is 14.4 Å². The molecule has 0 radical (unpaired) electrons. The topological polar surface area (TPSA) is 70.7 Å². The first-order chi connectivity index (χ1) is 11.2. The summed E-state index contributed by atoms with van der Waals surface area (Å²) in [5, 5.41) is 7.52. The smallest absolute Gasteiger partial charge is 0.225 e. The van der Waals surface area contributed by atoms with Crippen molar-refractivity contribution in [2.45, 2.75) is 39.0 Å². The summed E-state index contributed by atoms with van der Waals surface area (Å²) in [7, 11) is 0. The van der Waals surface area contributed by atoms with Gasteiger partial charge in [0.15, 0.2) is 0 Å². The maximum Gasteiger partial charge on any atom is 0.225 e. The second-order valence-corrected chi connectivity index (χ2v) is 5.64. The predicted molar refractivity (Wildman–Crippen MR) is 90.0 cm³/mol. The van der Waals surface area contributed by atoms with Gasteiger partial charge in [0, 0.05) is 37.3 Å². The Morgan fingerprint density at radius 1 is 1.09 bits per heavy atom. The lowest BCUT2D eigenvalue weighted by Crippen LogP contribution is -2.24. The number of rotatable bonds is 8. The normalized spacial score (nSPS) is 14.7. The van der Waals surface area contributed by atoms with Gasteiger partial charge in [-0.25, -0.2) is 0 Å². The second kappa shape index (κ2) is 9.27. The number of hydrogen-bond donors (Lipinski definition) is 2. The predicted octanol–water partition coefficient (Wildman–Crippen LogP) is 2.78. The van der Waals surface area contributed by atoms with Crippen LogP contribution in [0.25, 0.3) is 0 Å². The van der Waals surface area contributed by atoms with Crippen molar-refractivity contribution in [3.8, 4) is 0 Å². The number of carbonyl (C=O) groups excluding carboxylic acids is 2. The molecule has 1 aliphatic rings. The molecule has 1 heterocycles. The number of carbonyl (C=O) groups is 2. The van der Waals surface area contributed by atoms with Crippen molar-refractivity contribution >= 4 is 23.2 Å². The van der Waals surface area contributed by atoms with E-state index >= 15 is 0 Å². The first-order valence-electron chi connectivity index (χ1n) is 8.25. The van der Waals surface area contributed by atoms with E-state index in [2.05, 4.69) is 17.6 Å². The summed E-state index contributed by atoms with van der Waals surface area (Å²) in [6.45, 7) is 4.30. The molecule has 0 spiro atoms. The Labute approximate surface area is 137 Å². The van der Waals surface area contributed by atoms with Crippen molar-refractivity contribution in [1.29, 1.82) is 0 Å². The highest BCUT2D eigenvalue weighted by Crippen LogP contribution is 2.14. The van der Waals surface area contributed by atoms with Crippen LogP contribution in [0.4, 0.5) is 11.4 Å². The molecule has 0 atom stereocenters. The third-order valence-corrected chi connectivity index (χ3v) is 3.62. The third kappa shape index (κ3) is 6.38. The van der Waals surface area contributed by atoms with Crippen LogP contribution in [0.3, 0.4) is 0 Å². The lowest BCUT2D eigenvalue weighted by atomic mass is 10.2. The van der Waals surface area contributed by atoms with Gasteiger partial charge in [0.05, 0.1) is 6.61 Å². The Morgan fingerprint density at radius 3 is 2.22 bits per heavy atom. The minimum absolute atomic E-state index is 0.0225. The number of nitrogens with zero attached hydrogens (tertiary/aromatic N) is 1. The van der Waals surface area contributed by atoms with E-state index in [0.717, 1.165) is 43.8 Å². The standard InChI is InChI=1S/C17H25N3O3/c1-2-3-5-16(21)18-14-6-8-15(9-7-14)19-17(22)10-12-20-11-4-13-23-20/h6-9H,2-5,10-13H2,1H3,(H,18,21)(H,19,22). The maximum absolute atomic E-state index is 11.9. The zero-order valence-electron chi connectivity index (χ0n) is 13.6. The number of hydrogen-bond acceptors (Lipinski definition) is 4. The van der Waals surface area contributed by atoms with Gasteiger partial charge in [-0.2, -0.15) is 5.06 Å². The fraction of sp³-hybridized carbons (Fsp3) is 0.529. The summed E-state index contributed by atoms with van der Waals surface area (Å²) >= 11 is 0. The number of benzene rings is 1. The van der Waals surface area contributed by atoms with Crippen molar-refractivity contribution in [3.05, 3.63) is 24.3 Å². The van der Waals surface area contributed by atoms with Crippen LogP contribution < -0.4 is 10.6 Å². The Hall–Kier alpha value is -1.92. The fourth-order valence-electron chi connectivity index (χ4n) is 2.32. The molecule has 1 aliphatic heterocycles. The van der Waals surface area contributed by atoms with E-state index in [-0.39, 0.29) is 11.8 Å². The molecule has 126 valence electrons. The highest BCUT2D eigenvalue weighted by atomic mass is 16.7. The van der Waals surface area contributed by atoms with Gasteiger partial charge < -0.3 is 10.6 Å². The molecule has 2 N–H and O–H groups in total. The quantitative estimate of drug-likeness (QED) is 0.773. The largest absolute Gasteiger partial charge is 0.326 e. The van der Waals surface area contributed by atoms with E-state index in [9.17, 15) is 9.59 Å². The van der Waals surface area contributed by atoms with Crippen molar-refractivity contribution in [2.24, 2.45) is 0 Å². The molecule has 1 fully saturated rings. The van der Waals surface area contributed by atoms with Crippen molar-refractivity contribution in [3.63, 3.8) is 0 Å². The molecule has 0 aliphatic carbocycles. The summed E-state index contributed by atoms with van der Waals surface area (Å²) in [6.07, 6.45) is 3.84. The molecule has 2 amide bonds. The molecule has 0 aromatic heterocycles. The first kappa shape index (κ1) is 17.4. The number of anilines is 2. The van der Waals surface area contributed by atoms with Gasteiger partial charge in [-0.15, -0.1) is 0 Å². The van der Waals surface area contributed by atoms with E-state index < -0.39 is 0 Å². The van der Waals surface area contributed by atoms with Crippen molar-refractivity contribution < 1.29 is 14.4 Å². The average molecular weight is 319 g/mol. The number of hydroxylamine groups is 2.